The van der Waals surface area contributed by atoms with Crippen LogP contribution in [0.2, 0.25) is 0 Å². The van der Waals surface area contributed by atoms with Gasteiger partial charge in [-0.05, 0) is 29.3 Å². The number of methoxy groups -OCH3 is 2. The molecule has 3 aromatic rings. The summed E-state index contributed by atoms with van der Waals surface area (Å²) in [6.45, 7) is 3.64. The van der Waals surface area contributed by atoms with Crippen LogP contribution >= 0.6 is 0 Å². The number of hydrazone groups is 1. The van der Waals surface area contributed by atoms with Gasteiger partial charge in [0, 0.05) is 31.7 Å². The van der Waals surface area contributed by atoms with E-state index >= 15 is 0 Å². The molecular weight excluding hydrogens is 386 g/mol. The van der Waals surface area contributed by atoms with E-state index in [1.165, 1.54) is 11.1 Å². The van der Waals surface area contributed by atoms with Crippen LogP contribution in [-0.4, -0.2) is 56.5 Å². The highest BCUT2D eigenvalue weighted by atomic mass is 16.5. The van der Waals surface area contributed by atoms with E-state index in [0.717, 1.165) is 43.2 Å². The lowest BCUT2D eigenvalue weighted by atomic mass is 9.96. The average molecular weight is 416 g/mol. The van der Waals surface area contributed by atoms with E-state index < -0.39 is 0 Å². The molecule has 5 heteroatoms. The van der Waals surface area contributed by atoms with Gasteiger partial charge in [-0.2, -0.15) is 5.10 Å². The zero-order valence-electron chi connectivity index (χ0n) is 18.1. The van der Waals surface area contributed by atoms with E-state index in [4.69, 9.17) is 14.6 Å². The second-order valence-corrected chi connectivity index (χ2v) is 7.57. The van der Waals surface area contributed by atoms with Gasteiger partial charge in [-0.3, -0.25) is 9.91 Å². The second kappa shape index (κ2) is 10.1. The van der Waals surface area contributed by atoms with Crippen molar-refractivity contribution in [2.24, 2.45) is 5.10 Å². The summed E-state index contributed by atoms with van der Waals surface area (Å²) in [5, 5.41) is 6.85. The van der Waals surface area contributed by atoms with Gasteiger partial charge < -0.3 is 9.47 Å². The Morgan fingerprint density at radius 3 is 1.94 bits per heavy atom. The van der Waals surface area contributed by atoms with Crippen molar-refractivity contribution in [3.05, 3.63) is 95.6 Å². The Morgan fingerprint density at radius 1 is 0.774 bits per heavy atom. The van der Waals surface area contributed by atoms with Crippen LogP contribution in [0.5, 0.6) is 11.5 Å². The van der Waals surface area contributed by atoms with Crippen LogP contribution in [0.25, 0.3) is 0 Å². The van der Waals surface area contributed by atoms with E-state index in [9.17, 15) is 0 Å². The van der Waals surface area contributed by atoms with Gasteiger partial charge in [0.15, 0.2) is 0 Å². The van der Waals surface area contributed by atoms with E-state index in [1.54, 1.807) is 14.2 Å². The first kappa shape index (κ1) is 20.9. The number of hydrogen-bond acceptors (Lipinski definition) is 5. The maximum absolute atomic E-state index is 5.46. The molecular formula is C26H29N3O2. The average Bonchev–Trinajstić information content (AvgIpc) is 2.85. The van der Waals surface area contributed by atoms with Gasteiger partial charge in [0.2, 0.25) is 0 Å². The Bertz CT molecular complexity index is 945. The molecule has 0 aliphatic carbocycles. The highest BCUT2D eigenvalue weighted by molar-refractivity contribution is 5.84. The highest BCUT2D eigenvalue weighted by Crippen LogP contribution is 2.29. The summed E-state index contributed by atoms with van der Waals surface area (Å²) < 4.78 is 10.8. The lowest BCUT2D eigenvalue weighted by molar-refractivity contribution is 0.113. The summed E-state index contributed by atoms with van der Waals surface area (Å²) >= 11 is 0. The Hall–Kier alpha value is -3.31. The first-order chi connectivity index (χ1) is 15.3. The molecule has 0 unspecified atom stereocenters. The maximum Gasteiger partial charge on any atom is 0.127 e. The number of piperazine rings is 1. The molecule has 0 saturated carbocycles. The third-order valence-corrected chi connectivity index (χ3v) is 5.68. The molecule has 31 heavy (non-hydrogen) atoms. The Kier molecular flexibility index (Phi) is 6.85. The first-order valence-corrected chi connectivity index (χ1v) is 10.6. The van der Waals surface area contributed by atoms with Crippen LogP contribution in [0.3, 0.4) is 0 Å². The van der Waals surface area contributed by atoms with Crippen molar-refractivity contribution in [3.8, 4) is 11.5 Å². The SMILES string of the molecule is COc1ccc(OC)c(/C=N/N2CCN(C(c3ccccc3)c3ccccc3)CC2)c1. The molecule has 1 aliphatic rings. The second-order valence-electron chi connectivity index (χ2n) is 7.57. The molecule has 1 heterocycles. The third kappa shape index (κ3) is 5.06. The lowest BCUT2D eigenvalue weighted by Crippen LogP contribution is -2.45. The summed E-state index contributed by atoms with van der Waals surface area (Å²) in [6.07, 6.45) is 1.86. The Balaban J connectivity index is 1.47. The van der Waals surface area contributed by atoms with Gasteiger partial charge in [-0.1, -0.05) is 60.7 Å². The van der Waals surface area contributed by atoms with Crippen molar-refractivity contribution in [1.82, 2.24) is 9.91 Å². The van der Waals surface area contributed by atoms with Crippen LogP contribution in [0.15, 0.2) is 84.0 Å². The van der Waals surface area contributed by atoms with E-state index in [0.29, 0.717) is 0 Å². The fraction of sp³-hybridized carbons (Fsp3) is 0.269. The van der Waals surface area contributed by atoms with Gasteiger partial charge in [0.05, 0.1) is 26.5 Å². The molecule has 0 radical (unpaired) electrons. The molecule has 0 spiro atoms. The topological polar surface area (TPSA) is 37.3 Å². The van der Waals surface area contributed by atoms with Crippen LogP contribution in [0.1, 0.15) is 22.7 Å². The fourth-order valence-electron chi connectivity index (χ4n) is 4.05. The highest BCUT2D eigenvalue weighted by Gasteiger charge is 2.25. The van der Waals surface area contributed by atoms with Gasteiger partial charge >= 0.3 is 0 Å². The Morgan fingerprint density at radius 2 is 1.39 bits per heavy atom. The van der Waals surface area contributed by atoms with Crippen LogP contribution in [0, 0.1) is 0 Å². The van der Waals surface area contributed by atoms with E-state index in [-0.39, 0.29) is 6.04 Å². The van der Waals surface area contributed by atoms with Crippen molar-refractivity contribution in [2.45, 2.75) is 6.04 Å². The van der Waals surface area contributed by atoms with Gasteiger partial charge in [0.1, 0.15) is 11.5 Å². The monoisotopic (exact) mass is 415 g/mol. The molecule has 1 aliphatic heterocycles. The molecule has 4 rings (SSSR count). The Labute approximate surface area is 184 Å². The molecule has 0 aromatic heterocycles. The first-order valence-electron chi connectivity index (χ1n) is 10.6. The molecule has 5 nitrogen and oxygen atoms in total. The summed E-state index contributed by atoms with van der Waals surface area (Å²) in [6, 6.07) is 27.5. The molecule has 1 saturated heterocycles. The van der Waals surface area contributed by atoms with Crippen LogP contribution in [-0.2, 0) is 0 Å². The maximum atomic E-state index is 5.46. The van der Waals surface area contributed by atoms with E-state index in [1.807, 2.05) is 24.4 Å². The molecule has 160 valence electrons. The number of ether oxygens (including phenoxy) is 2. The van der Waals surface area contributed by atoms with Gasteiger partial charge in [0.25, 0.3) is 0 Å². The number of benzene rings is 3. The number of nitrogens with zero attached hydrogens (tertiary/aromatic N) is 3. The molecule has 1 fully saturated rings. The fourth-order valence-corrected chi connectivity index (χ4v) is 4.05. The van der Waals surface area contributed by atoms with E-state index in [2.05, 4.69) is 70.6 Å². The van der Waals surface area contributed by atoms with Gasteiger partial charge in [-0.15, -0.1) is 0 Å². The lowest BCUT2D eigenvalue weighted by Gasteiger charge is -2.38. The summed E-state index contributed by atoms with van der Waals surface area (Å²) in [4.78, 5) is 2.54. The van der Waals surface area contributed by atoms with Crippen molar-refractivity contribution in [1.29, 1.82) is 0 Å². The zero-order chi connectivity index (χ0) is 21.5. The summed E-state index contributed by atoms with van der Waals surface area (Å²) in [5.74, 6) is 1.58. The summed E-state index contributed by atoms with van der Waals surface area (Å²) in [7, 11) is 3.34. The van der Waals surface area contributed by atoms with Crippen molar-refractivity contribution < 1.29 is 9.47 Å². The predicted octanol–water partition coefficient (Wildman–Crippen LogP) is 4.44. The zero-order valence-corrected chi connectivity index (χ0v) is 18.1. The van der Waals surface area contributed by atoms with Crippen LogP contribution in [0.4, 0.5) is 0 Å². The van der Waals surface area contributed by atoms with Crippen molar-refractivity contribution in [3.63, 3.8) is 0 Å². The van der Waals surface area contributed by atoms with Gasteiger partial charge in [-0.25, -0.2) is 0 Å². The molecule has 0 atom stereocenters. The van der Waals surface area contributed by atoms with Crippen molar-refractivity contribution in [2.75, 3.05) is 40.4 Å². The quantitative estimate of drug-likeness (QED) is 0.535. The smallest absolute Gasteiger partial charge is 0.127 e. The summed E-state index contributed by atoms with van der Waals surface area (Å²) in [5.41, 5.74) is 3.56. The minimum absolute atomic E-state index is 0.256. The van der Waals surface area contributed by atoms with Crippen molar-refractivity contribution >= 4 is 6.21 Å². The predicted molar refractivity (Wildman–Crippen MR) is 125 cm³/mol. The molecule has 0 bridgehead atoms. The standard InChI is InChI=1S/C26H29N3O2/c1-30-24-13-14-25(31-2)23(19-24)20-27-29-17-15-28(16-18-29)26(21-9-5-3-6-10-21)22-11-7-4-8-12-22/h3-14,19-20,26H,15-18H2,1-2H3/b27-20+. The van der Waals surface area contributed by atoms with Crippen LogP contribution < -0.4 is 9.47 Å². The molecule has 3 aromatic carbocycles. The third-order valence-electron chi connectivity index (χ3n) is 5.68. The number of rotatable bonds is 7. The molecule has 0 amide bonds. The molecule has 0 N–H and O–H groups in total. The largest absolute Gasteiger partial charge is 0.497 e. The number of hydrogen-bond donors (Lipinski definition) is 0. The normalized spacial score (nSPS) is 14.9. The minimum Gasteiger partial charge on any atom is -0.497 e. The minimum atomic E-state index is 0.256.